The summed E-state index contributed by atoms with van der Waals surface area (Å²) in [6.07, 6.45) is 0.253. The maximum atomic E-state index is 14.4. The fourth-order valence-corrected chi connectivity index (χ4v) is 3.29. The van der Waals surface area contributed by atoms with Gasteiger partial charge in [0.25, 0.3) is 0 Å². The van der Waals surface area contributed by atoms with Crippen LogP contribution in [0.5, 0.6) is 11.5 Å². The van der Waals surface area contributed by atoms with Crippen molar-refractivity contribution in [2.45, 2.75) is 31.8 Å². The molecule has 0 fully saturated rings. The molecule has 0 spiro atoms. The van der Waals surface area contributed by atoms with Crippen molar-refractivity contribution in [3.63, 3.8) is 0 Å². The molecule has 0 saturated carbocycles. The van der Waals surface area contributed by atoms with Crippen molar-refractivity contribution in [2.75, 3.05) is 20.3 Å². The second-order valence-corrected chi connectivity index (χ2v) is 7.68. The van der Waals surface area contributed by atoms with Crippen LogP contribution in [0.1, 0.15) is 31.2 Å². The average Bonchev–Trinajstić information content (AvgIpc) is 2.82. The van der Waals surface area contributed by atoms with Crippen LogP contribution in [0.3, 0.4) is 0 Å². The molecule has 0 bridgehead atoms. The number of hydrogen-bond donors (Lipinski definition) is 0. The van der Waals surface area contributed by atoms with E-state index in [1.807, 2.05) is 24.3 Å². The van der Waals surface area contributed by atoms with Crippen LogP contribution in [0.2, 0.25) is 0 Å². The van der Waals surface area contributed by atoms with Gasteiger partial charge in [-0.1, -0.05) is 30.7 Å². The highest BCUT2D eigenvalue weighted by molar-refractivity contribution is 5.64. The number of rotatable bonds is 12. The first-order valence-electron chi connectivity index (χ1n) is 10.8. The predicted molar refractivity (Wildman–Crippen MR) is 119 cm³/mol. The van der Waals surface area contributed by atoms with Gasteiger partial charge in [0, 0.05) is 25.8 Å². The Balaban J connectivity index is 1.57. The summed E-state index contributed by atoms with van der Waals surface area (Å²) in [6.45, 7) is 1.38. The first-order valence-corrected chi connectivity index (χ1v) is 10.8. The molecule has 0 aliphatic carbocycles. The van der Waals surface area contributed by atoms with Crippen molar-refractivity contribution in [2.24, 2.45) is 0 Å². The van der Waals surface area contributed by atoms with Gasteiger partial charge < -0.3 is 14.2 Å². The zero-order valence-electron chi connectivity index (χ0n) is 18.6. The molecule has 0 radical (unpaired) electrons. The maximum absolute atomic E-state index is 14.4. The lowest BCUT2D eigenvalue weighted by molar-refractivity contribution is -0.185. The Labute approximate surface area is 195 Å². The van der Waals surface area contributed by atoms with Crippen LogP contribution in [-0.2, 0) is 10.8 Å². The summed E-state index contributed by atoms with van der Waals surface area (Å²) < 4.78 is 83.6. The molecule has 0 atom stereocenters. The molecule has 0 unspecified atom stereocenters. The molecule has 0 heterocycles. The fraction of sp³-hybridized carbons (Fsp3) is 0.308. The first-order chi connectivity index (χ1) is 16.3. The summed E-state index contributed by atoms with van der Waals surface area (Å²) >= 11 is 0. The Morgan fingerprint density at radius 1 is 0.676 bits per heavy atom. The van der Waals surface area contributed by atoms with Crippen LogP contribution in [0.15, 0.2) is 60.7 Å². The summed E-state index contributed by atoms with van der Waals surface area (Å²) in [5, 5.41) is 0. The van der Waals surface area contributed by atoms with Gasteiger partial charge in [-0.2, -0.15) is 8.78 Å². The van der Waals surface area contributed by atoms with Crippen LogP contribution in [0, 0.1) is 17.5 Å². The van der Waals surface area contributed by atoms with Gasteiger partial charge >= 0.3 is 6.11 Å². The summed E-state index contributed by atoms with van der Waals surface area (Å²) in [4.78, 5) is 0. The van der Waals surface area contributed by atoms with Crippen molar-refractivity contribution < 1.29 is 36.2 Å². The molecular formula is C26H25F5O3. The fourth-order valence-electron chi connectivity index (χ4n) is 3.29. The molecule has 0 aromatic heterocycles. The van der Waals surface area contributed by atoms with Gasteiger partial charge in [0.1, 0.15) is 11.5 Å². The van der Waals surface area contributed by atoms with Gasteiger partial charge in [-0.25, -0.2) is 13.2 Å². The molecule has 3 rings (SSSR count). The van der Waals surface area contributed by atoms with Crippen molar-refractivity contribution in [3.05, 3.63) is 83.7 Å². The maximum Gasteiger partial charge on any atom is 0.426 e. The summed E-state index contributed by atoms with van der Waals surface area (Å²) in [5.41, 5.74) is 0.959. The van der Waals surface area contributed by atoms with Crippen molar-refractivity contribution in [1.82, 2.24) is 0 Å². The van der Waals surface area contributed by atoms with Gasteiger partial charge in [-0.05, 0) is 54.7 Å². The van der Waals surface area contributed by atoms with E-state index in [-0.39, 0.29) is 0 Å². The van der Waals surface area contributed by atoms with Gasteiger partial charge in [0.2, 0.25) is 0 Å². The van der Waals surface area contributed by atoms with Crippen molar-refractivity contribution in [1.29, 1.82) is 0 Å². The molecule has 3 aromatic rings. The van der Waals surface area contributed by atoms with Gasteiger partial charge in [-0.15, -0.1) is 0 Å². The zero-order chi connectivity index (χ0) is 24.6. The quantitative estimate of drug-likeness (QED) is 0.153. The molecule has 0 saturated heterocycles. The largest absolute Gasteiger partial charge is 0.494 e. The van der Waals surface area contributed by atoms with E-state index < -0.39 is 34.9 Å². The molecule has 182 valence electrons. The summed E-state index contributed by atoms with van der Waals surface area (Å²) in [5.74, 6) is -5.09. The number of halogens is 5. The topological polar surface area (TPSA) is 27.7 Å². The Kier molecular flexibility index (Phi) is 8.87. The van der Waals surface area contributed by atoms with E-state index >= 15 is 0 Å². The van der Waals surface area contributed by atoms with E-state index in [1.54, 1.807) is 7.11 Å². The second-order valence-electron chi connectivity index (χ2n) is 7.68. The molecule has 8 heteroatoms. The number of ether oxygens (including phenoxy) is 3. The number of methoxy groups -OCH3 is 1. The molecule has 3 nitrogen and oxygen atoms in total. The highest BCUT2D eigenvalue weighted by Gasteiger charge is 2.35. The highest BCUT2D eigenvalue weighted by Crippen LogP contribution is 2.34. The SMILES string of the molecule is COCCCCCCOc1ccc(-c2ccc(C(F)(F)Oc3cc(F)c(F)c(F)c3)cc2)cc1. The lowest BCUT2D eigenvalue weighted by atomic mass is 10.0. The minimum Gasteiger partial charge on any atom is -0.494 e. The van der Waals surface area contributed by atoms with Gasteiger partial charge in [0.15, 0.2) is 17.5 Å². The zero-order valence-corrected chi connectivity index (χ0v) is 18.6. The second kappa shape index (κ2) is 11.8. The normalized spacial score (nSPS) is 11.5. The van der Waals surface area contributed by atoms with Crippen LogP contribution in [0.4, 0.5) is 22.0 Å². The minimum atomic E-state index is -3.88. The van der Waals surface area contributed by atoms with Crippen LogP contribution >= 0.6 is 0 Å². The standard InChI is InChI=1S/C26H25F5O3/c1-32-14-4-2-3-5-15-33-21-12-8-19(9-13-21)18-6-10-20(11-7-18)26(30,31)34-22-16-23(27)25(29)24(28)17-22/h6-13,16-17H,2-5,14-15H2,1H3. The molecule has 34 heavy (non-hydrogen) atoms. The Bertz CT molecular complexity index is 1030. The lowest BCUT2D eigenvalue weighted by Gasteiger charge is -2.19. The lowest BCUT2D eigenvalue weighted by Crippen LogP contribution is -2.22. The summed E-state index contributed by atoms with van der Waals surface area (Å²) in [7, 11) is 1.69. The third-order valence-electron chi connectivity index (χ3n) is 5.12. The molecule has 0 aliphatic heterocycles. The number of unbranched alkanes of at least 4 members (excludes halogenated alkanes) is 3. The van der Waals surface area contributed by atoms with E-state index in [2.05, 4.69) is 4.74 Å². The Morgan fingerprint density at radius 2 is 1.21 bits per heavy atom. The van der Waals surface area contributed by atoms with Crippen LogP contribution in [0.25, 0.3) is 11.1 Å². The monoisotopic (exact) mass is 480 g/mol. The average molecular weight is 480 g/mol. The Hall–Kier alpha value is -3.13. The van der Waals surface area contributed by atoms with E-state index in [4.69, 9.17) is 9.47 Å². The van der Waals surface area contributed by atoms with Gasteiger partial charge in [-0.3, -0.25) is 0 Å². The molecule has 3 aromatic carbocycles. The van der Waals surface area contributed by atoms with Crippen molar-refractivity contribution >= 4 is 0 Å². The Morgan fingerprint density at radius 3 is 1.76 bits per heavy atom. The van der Waals surface area contributed by atoms with E-state index in [1.165, 1.54) is 12.1 Å². The summed E-state index contributed by atoms with van der Waals surface area (Å²) in [6, 6.07) is 13.3. The number of hydrogen-bond acceptors (Lipinski definition) is 3. The molecule has 0 amide bonds. The highest BCUT2D eigenvalue weighted by atomic mass is 19.3. The number of alkyl halides is 2. The predicted octanol–water partition coefficient (Wildman–Crippen LogP) is 7.48. The van der Waals surface area contributed by atoms with E-state index in [0.29, 0.717) is 24.3 Å². The molecular weight excluding hydrogens is 455 g/mol. The van der Waals surface area contributed by atoms with Gasteiger partial charge in [0.05, 0.1) is 12.2 Å². The van der Waals surface area contributed by atoms with E-state index in [0.717, 1.165) is 55.7 Å². The minimum absolute atomic E-state index is 0.367. The molecule has 0 N–H and O–H groups in total. The third kappa shape index (κ3) is 6.93. The van der Waals surface area contributed by atoms with E-state index in [9.17, 15) is 22.0 Å². The number of benzene rings is 3. The van der Waals surface area contributed by atoms with Crippen molar-refractivity contribution in [3.8, 4) is 22.6 Å². The van der Waals surface area contributed by atoms with Crippen LogP contribution in [-0.4, -0.2) is 20.3 Å². The smallest absolute Gasteiger partial charge is 0.426 e. The third-order valence-corrected chi connectivity index (χ3v) is 5.12. The first kappa shape index (κ1) is 25.5. The van der Waals surface area contributed by atoms with Crippen LogP contribution < -0.4 is 9.47 Å². The molecule has 0 aliphatic rings.